The lowest BCUT2D eigenvalue weighted by atomic mass is 9.88. The van der Waals surface area contributed by atoms with Gasteiger partial charge in [-0.05, 0) is 24.0 Å². The predicted octanol–water partition coefficient (Wildman–Crippen LogP) is 1.86. The fourth-order valence-electron chi connectivity index (χ4n) is 5.24. The summed E-state index contributed by atoms with van der Waals surface area (Å²) in [4.78, 5) is 33.6. The summed E-state index contributed by atoms with van der Waals surface area (Å²) < 4.78 is 0. The lowest BCUT2D eigenvalue weighted by molar-refractivity contribution is -0.132. The van der Waals surface area contributed by atoms with E-state index in [1.165, 1.54) is 11.1 Å². The minimum atomic E-state index is 0. The van der Waals surface area contributed by atoms with Crippen LogP contribution in [0.5, 0.6) is 0 Å². The molecular formula is C22H35Cl2N5O2. The summed E-state index contributed by atoms with van der Waals surface area (Å²) in [7, 11) is 3.65. The highest BCUT2D eigenvalue weighted by Gasteiger charge is 2.50. The van der Waals surface area contributed by atoms with Crippen LogP contribution in [0.15, 0.2) is 24.3 Å². The first kappa shape index (κ1) is 25.7. The van der Waals surface area contributed by atoms with Crippen LogP contribution in [0.25, 0.3) is 0 Å². The second kappa shape index (κ2) is 10.9. The predicted molar refractivity (Wildman–Crippen MR) is 127 cm³/mol. The highest BCUT2D eigenvalue weighted by molar-refractivity contribution is 5.85. The number of hydrogen-bond acceptors (Lipinski definition) is 4. The number of carbonyl (C=O) groups excluding carboxylic acids is 2. The molecule has 31 heavy (non-hydrogen) atoms. The average Bonchev–Trinajstić information content (AvgIpc) is 3.25. The number of nitrogens with zero attached hydrogens (tertiary/aromatic N) is 4. The van der Waals surface area contributed by atoms with Crippen LogP contribution < -0.4 is 5.32 Å². The van der Waals surface area contributed by atoms with Gasteiger partial charge in [0.25, 0.3) is 0 Å². The first-order valence-electron chi connectivity index (χ1n) is 10.7. The summed E-state index contributed by atoms with van der Waals surface area (Å²) in [6, 6.07) is 8.56. The van der Waals surface area contributed by atoms with Gasteiger partial charge in [0.1, 0.15) is 0 Å². The van der Waals surface area contributed by atoms with Gasteiger partial charge in [-0.25, -0.2) is 4.79 Å². The van der Waals surface area contributed by atoms with E-state index in [4.69, 9.17) is 0 Å². The molecule has 3 amide bonds. The molecule has 1 aromatic carbocycles. The lowest BCUT2D eigenvalue weighted by Gasteiger charge is -2.33. The van der Waals surface area contributed by atoms with Crippen molar-refractivity contribution in [3.63, 3.8) is 0 Å². The highest BCUT2D eigenvalue weighted by Crippen LogP contribution is 2.46. The maximum Gasteiger partial charge on any atom is 0.320 e. The van der Waals surface area contributed by atoms with Gasteiger partial charge in [0, 0.05) is 65.8 Å². The van der Waals surface area contributed by atoms with Gasteiger partial charge >= 0.3 is 6.03 Å². The normalized spacial score (nSPS) is 25.5. The first-order valence-corrected chi connectivity index (χ1v) is 10.7. The average molecular weight is 472 g/mol. The van der Waals surface area contributed by atoms with Crippen LogP contribution in [-0.2, 0) is 4.79 Å². The summed E-state index contributed by atoms with van der Waals surface area (Å²) in [5.74, 6) is 1.02. The van der Waals surface area contributed by atoms with E-state index in [2.05, 4.69) is 41.4 Å². The van der Waals surface area contributed by atoms with Crippen molar-refractivity contribution in [2.75, 3.05) is 66.5 Å². The van der Waals surface area contributed by atoms with Crippen LogP contribution >= 0.6 is 24.8 Å². The maximum absolute atomic E-state index is 12.9. The zero-order valence-corrected chi connectivity index (χ0v) is 20.3. The van der Waals surface area contributed by atoms with E-state index < -0.39 is 0 Å². The topological polar surface area (TPSA) is 59.1 Å². The number of likely N-dealkylation sites (tertiary alicyclic amines) is 2. The van der Waals surface area contributed by atoms with Crippen molar-refractivity contribution in [3.05, 3.63) is 35.4 Å². The molecule has 0 bridgehead atoms. The van der Waals surface area contributed by atoms with Gasteiger partial charge in [-0.3, -0.25) is 9.69 Å². The Balaban J connectivity index is 0.00000171. The van der Waals surface area contributed by atoms with Crippen molar-refractivity contribution in [2.24, 2.45) is 11.8 Å². The van der Waals surface area contributed by atoms with Crippen LogP contribution in [-0.4, -0.2) is 98.0 Å². The van der Waals surface area contributed by atoms with Crippen molar-refractivity contribution in [1.82, 2.24) is 24.9 Å². The van der Waals surface area contributed by atoms with Gasteiger partial charge in [0.05, 0.1) is 12.6 Å². The number of halogens is 2. The fourth-order valence-corrected chi connectivity index (χ4v) is 5.24. The van der Waals surface area contributed by atoms with E-state index in [-0.39, 0.29) is 42.8 Å². The van der Waals surface area contributed by atoms with Crippen LogP contribution in [0.4, 0.5) is 4.79 Å². The van der Waals surface area contributed by atoms with Gasteiger partial charge in [-0.2, -0.15) is 0 Å². The van der Waals surface area contributed by atoms with Crippen molar-refractivity contribution in [1.29, 1.82) is 0 Å². The Kier molecular flexibility index (Phi) is 9.01. The van der Waals surface area contributed by atoms with E-state index in [9.17, 15) is 9.59 Å². The van der Waals surface area contributed by atoms with Crippen LogP contribution in [0.2, 0.25) is 0 Å². The van der Waals surface area contributed by atoms with E-state index >= 15 is 0 Å². The molecule has 3 aliphatic rings. The standard InChI is InChI=1S/C22H33N5O2.2ClH/c1-16-6-4-5-7-18(16)21-19-14-25(15-20(28)26-10-8-23-9-11-26)12-17(19)13-27(21)22(29)24(2)3;;/h4-7,17,19,21,23H,8-15H2,1-3H3;2*1H/t17-,19-,21+;;/m1../s1. The number of rotatable bonds is 3. The summed E-state index contributed by atoms with van der Waals surface area (Å²) in [6.07, 6.45) is 0. The quantitative estimate of drug-likeness (QED) is 0.730. The van der Waals surface area contributed by atoms with E-state index in [0.29, 0.717) is 18.4 Å². The number of nitrogens with one attached hydrogen (secondary N) is 1. The lowest BCUT2D eigenvalue weighted by Crippen LogP contribution is -2.49. The molecule has 3 heterocycles. The molecule has 0 aromatic heterocycles. The smallest absolute Gasteiger partial charge is 0.320 e. The highest BCUT2D eigenvalue weighted by atomic mass is 35.5. The summed E-state index contributed by atoms with van der Waals surface area (Å²) >= 11 is 0. The van der Waals surface area contributed by atoms with Gasteiger partial charge in [-0.1, -0.05) is 24.3 Å². The number of benzene rings is 1. The zero-order valence-electron chi connectivity index (χ0n) is 18.6. The van der Waals surface area contributed by atoms with Crippen LogP contribution in [0.3, 0.4) is 0 Å². The molecule has 3 atom stereocenters. The molecule has 9 heteroatoms. The maximum atomic E-state index is 12.9. The van der Waals surface area contributed by atoms with Crippen LogP contribution in [0.1, 0.15) is 17.2 Å². The Morgan fingerprint density at radius 1 is 1.06 bits per heavy atom. The molecule has 1 N–H and O–H groups in total. The van der Waals surface area contributed by atoms with E-state index in [0.717, 1.165) is 45.8 Å². The molecule has 3 aliphatic heterocycles. The number of urea groups is 1. The minimum Gasteiger partial charge on any atom is -0.339 e. The molecule has 7 nitrogen and oxygen atoms in total. The Hall–Kier alpha value is -1.54. The number of piperazine rings is 1. The van der Waals surface area contributed by atoms with Gasteiger partial charge < -0.3 is 20.0 Å². The molecule has 1 aromatic rings. The Morgan fingerprint density at radius 3 is 2.39 bits per heavy atom. The van der Waals surface area contributed by atoms with E-state index in [1.54, 1.807) is 4.90 Å². The van der Waals surface area contributed by atoms with Gasteiger partial charge in [-0.15, -0.1) is 24.8 Å². The monoisotopic (exact) mass is 471 g/mol. The number of amides is 3. The summed E-state index contributed by atoms with van der Waals surface area (Å²) in [6.45, 7) is 8.52. The molecule has 4 rings (SSSR count). The van der Waals surface area contributed by atoms with Crippen LogP contribution in [0, 0.1) is 18.8 Å². The second-order valence-corrected chi connectivity index (χ2v) is 8.88. The zero-order chi connectivity index (χ0) is 20.5. The third kappa shape index (κ3) is 5.28. The Morgan fingerprint density at radius 2 is 1.74 bits per heavy atom. The third-order valence-electron chi connectivity index (χ3n) is 6.70. The molecule has 0 saturated carbocycles. The number of hydrogen-bond donors (Lipinski definition) is 1. The molecule has 3 saturated heterocycles. The van der Waals surface area contributed by atoms with Crippen molar-refractivity contribution in [3.8, 4) is 0 Å². The number of aryl methyl sites for hydroxylation is 1. The van der Waals surface area contributed by atoms with Gasteiger partial charge in [0.15, 0.2) is 0 Å². The fraction of sp³-hybridized carbons (Fsp3) is 0.636. The molecule has 0 radical (unpaired) electrons. The molecule has 0 spiro atoms. The number of carbonyl (C=O) groups is 2. The largest absolute Gasteiger partial charge is 0.339 e. The second-order valence-electron chi connectivity index (χ2n) is 8.88. The van der Waals surface area contributed by atoms with Gasteiger partial charge in [0.2, 0.25) is 5.91 Å². The minimum absolute atomic E-state index is 0. The molecule has 0 unspecified atom stereocenters. The molecular weight excluding hydrogens is 437 g/mol. The first-order chi connectivity index (χ1) is 14.0. The third-order valence-corrected chi connectivity index (χ3v) is 6.70. The van der Waals surface area contributed by atoms with Crippen molar-refractivity contribution in [2.45, 2.75) is 13.0 Å². The SMILES string of the molecule is Cc1ccccc1[C@H]1[C@@H]2CN(CC(=O)N3CCNCC3)C[C@@H]2CN1C(=O)N(C)C.Cl.Cl. The molecule has 3 fully saturated rings. The Bertz CT molecular complexity index is 772. The molecule has 0 aliphatic carbocycles. The molecule has 174 valence electrons. The summed E-state index contributed by atoms with van der Waals surface area (Å²) in [5, 5.41) is 3.30. The van der Waals surface area contributed by atoms with Crippen molar-refractivity contribution < 1.29 is 9.59 Å². The summed E-state index contributed by atoms with van der Waals surface area (Å²) in [5.41, 5.74) is 2.47. The van der Waals surface area contributed by atoms with Crippen molar-refractivity contribution >= 4 is 36.8 Å². The van der Waals surface area contributed by atoms with E-state index in [1.807, 2.05) is 23.9 Å². The Labute approximate surface area is 197 Å². The number of fused-ring (bicyclic) bond motifs is 1.